The molecule has 0 aliphatic carbocycles. The fourth-order valence-corrected chi connectivity index (χ4v) is 2.59. The highest BCUT2D eigenvalue weighted by atomic mass is 16.6. The van der Waals surface area contributed by atoms with Crippen LogP contribution in [0.4, 0.5) is 4.79 Å². The lowest BCUT2D eigenvalue weighted by Crippen LogP contribution is -2.39. The molecule has 2 aromatic carbocycles. The van der Waals surface area contributed by atoms with Gasteiger partial charge in [0.05, 0.1) is 12.5 Å². The van der Waals surface area contributed by atoms with E-state index in [1.165, 1.54) is 0 Å². The van der Waals surface area contributed by atoms with Gasteiger partial charge >= 0.3 is 12.1 Å². The third-order valence-electron chi connectivity index (χ3n) is 4.08. The van der Waals surface area contributed by atoms with Crippen LogP contribution in [0.15, 0.2) is 60.7 Å². The molecule has 0 aliphatic heterocycles. The monoisotopic (exact) mass is 369 g/mol. The first-order chi connectivity index (χ1) is 13.2. The summed E-state index contributed by atoms with van der Waals surface area (Å²) >= 11 is 0. The van der Waals surface area contributed by atoms with Crippen LogP contribution in [-0.4, -0.2) is 24.7 Å². The lowest BCUT2D eigenvalue weighted by atomic mass is 10.1. The molecule has 0 saturated carbocycles. The van der Waals surface area contributed by atoms with Gasteiger partial charge in [-0.25, -0.2) is 4.79 Å². The number of esters is 1. The summed E-state index contributed by atoms with van der Waals surface area (Å²) in [7, 11) is 0. The highest BCUT2D eigenvalue weighted by molar-refractivity contribution is 5.72. The number of hydrogen-bond donors (Lipinski definition) is 1. The van der Waals surface area contributed by atoms with E-state index < -0.39 is 6.09 Å². The lowest BCUT2D eigenvalue weighted by Gasteiger charge is -2.18. The molecule has 0 fully saturated rings. The normalized spacial score (nSPS) is 11.4. The largest absolute Gasteiger partial charge is 0.463 e. The predicted octanol–water partition coefficient (Wildman–Crippen LogP) is 4.26. The first kappa shape index (κ1) is 20.5. The summed E-state index contributed by atoms with van der Waals surface area (Å²) in [4.78, 5) is 24.1. The first-order valence-corrected chi connectivity index (χ1v) is 9.34. The molecule has 1 atom stereocenters. The zero-order chi connectivity index (χ0) is 19.3. The summed E-state index contributed by atoms with van der Waals surface area (Å²) in [5.74, 6) is -0.304. The third-order valence-corrected chi connectivity index (χ3v) is 4.08. The van der Waals surface area contributed by atoms with Gasteiger partial charge in [-0.1, -0.05) is 80.4 Å². The Kier molecular flexibility index (Phi) is 8.90. The van der Waals surface area contributed by atoms with E-state index in [4.69, 9.17) is 9.47 Å². The van der Waals surface area contributed by atoms with E-state index in [0.717, 1.165) is 30.4 Å². The maximum atomic E-state index is 12.1. The van der Waals surface area contributed by atoms with Gasteiger partial charge in [-0.15, -0.1) is 0 Å². The molecule has 0 saturated heterocycles. The summed E-state index contributed by atoms with van der Waals surface area (Å²) in [5, 5.41) is 2.80. The molecule has 0 bridgehead atoms. The van der Waals surface area contributed by atoms with Crippen molar-refractivity contribution in [1.82, 2.24) is 5.32 Å². The highest BCUT2D eigenvalue weighted by Gasteiger charge is 2.16. The Hall–Kier alpha value is -2.82. The Balaban J connectivity index is 1.77. The second kappa shape index (κ2) is 11.7. The number of benzene rings is 2. The van der Waals surface area contributed by atoms with Crippen molar-refractivity contribution in [1.29, 1.82) is 0 Å². The van der Waals surface area contributed by atoms with Gasteiger partial charge in [-0.05, 0) is 17.5 Å². The van der Waals surface area contributed by atoms with Crippen molar-refractivity contribution < 1.29 is 19.1 Å². The van der Waals surface area contributed by atoms with Crippen LogP contribution in [0.5, 0.6) is 0 Å². The number of carbonyl (C=O) groups excluding carboxylic acids is 2. The van der Waals surface area contributed by atoms with Crippen molar-refractivity contribution in [2.45, 2.75) is 45.3 Å². The SMILES string of the molecule is CCCCC(COC(=O)Cc1ccccc1)NC(=O)OCc1ccccc1. The van der Waals surface area contributed by atoms with E-state index in [0.29, 0.717) is 0 Å². The topological polar surface area (TPSA) is 64.6 Å². The van der Waals surface area contributed by atoms with E-state index >= 15 is 0 Å². The number of amides is 1. The quantitative estimate of drug-likeness (QED) is 0.636. The Morgan fingerprint density at radius 3 is 2.19 bits per heavy atom. The standard InChI is InChI=1S/C22H27NO4/c1-2-3-14-20(17-26-21(24)15-18-10-6-4-7-11-18)23-22(25)27-16-19-12-8-5-9-13-19/h4-13,20H,2-3,14-17H2,1H3,(H,23,25). The molecule has 144 valence electrons. The Labute approximate surface area is 160 Å². The Morgan fingerprint density at radius 1 is 0.926 bits per heavy atom. The smallest absolute Gasteiger partial charge is 0.407 e. The van der Waals surface area contributed by atoms with E-state index in [9.17, 15) is 9.59 Å². The molecule has 0 spiro atoms. The van der Waals surface area contributed by atoms with Crippen LogP contribution in [0.2, 0.25) is 0 Å². The van der Waals surface area contributed by atoms with Crippen LogP contribution in [0.25, 0.3) is 0 Å². The summed E-state index contributed by atoms with van der Waals surface area (Å²) < 4.78 is 10.6. The van der Waals surface area contributed by atoms with Gasteiger partial charge < -0.3 is 14.8 Å². The van der Waals surface area contributed by atoms with Gasteiger partial charge in [0.1, 0.15) is 13.2 Å². The van der Waals surface area contributed by atoms with Crippen LogP contribution < -0.4 is 5.32 Å². The first-order valence-electron chi connectivity index (χ1n) is 9.34. The minimum Gasteiger partial charge on any atom is -0.463 e. The molecule has 0 aromatic heterocycles. The molecule has 1 unspecified atom stereocenters. The Morgan fingerprint density at radius 2 is 1.56 bits per heavy atom. The molecule has 5 heteroatoms. The number of carbonyl (C=O) groups is 2. The molecule has 1 amide bonds. The van der Waals surface area contributed by atoms with Crippen molar-refractivity contribution in [2.24, 2.45) is 0 Å². The molecule has 0 heterocycles. The van der Waals surface area contributed by atoms with Crippen LogP contribution in [-0.2, 0) is 27.3 Å². The number of nitrogens with one attached hydrogen (secondary N) is 1. The molecule has 27 heavy (non-hydrogen) atoms. The molecule has 0 radical (unpaired) electrons. The summed E-state index contributed by atoms with van der Waals surface area (Å²) in [5.41, 5.74) is 1.83. The van der Waals surface area contributed by atoms with Gasteiger partial charge in [0.15, 0.2) is 0 Å². The second-order valence-corrected chi connectivity index (χ2v) is 6.39. The fraction of sp³-hybridized carbons (Fsp3) is 0.364. The molecule has 2 rings (SSSR count). The summed E-state index contributed by atoms with van der Waals surface area (Å²) in [6.45, 7) is 2.43. The van der Waals surface area contributed by atoms with Gasteiger partial charge in [0, 0.05) is 0 Å². The third kappa shape index (κ3) is 8.40. The van der Waals surface area contributed by atoms with E-state index in [2.05, 4.69) is 12.2 Å². The Bertz CT molecular complexity index is 688. The zero-order valence-electron chi connectivity index (χ0n) is 15.7. The van der Waals surface area contributed by atoms with Gasteiger partial charge in [-0.3, -0.25) is 4.79 Å². The van der Waals surface area contributed by atoms with Crippen molar-refractivity contribution in [3.8, 4) is 0 Å². The minimum absolute atomic E-state index is 0.145. The fourth-order valence-electron chi connectivity index (χ4n) is 2.59. The van der Waals surface area contributed by atoms with Crippen LogP contribution in [0, 0.1) is 0 Å². The van der Waals surface area contributed by atoms with E-state index in [-0.39, 0.29) is 31.6 Å². The summed E-state index contributed by atoms with van der Waals surface area (Å²) in [6, 6.07) is 18.7. The van der Waals surface area contributed by atoms with Crippen molar-refractivity contribution in [3.05, 3.63) is 71.8 Å². The predicted molar refractivity (Wildman–Crippen MR) is 104 cm³/mol. The number of ether oxygens (including phenoxy) is 2. The number of rotatable bonds is 10. The summed E-state index contributed by atoms with van der Waals surface area (Å²) in [6.07, 6.45) is 2.38. The number of alkyl carbamates (subject to hydrolysis) is 1. The van der Waals surface area contributed by atoms with Gasteiger partial charge in [0.25, 0.3) is 0 Å². The maximum absolute atomic E-state index is 12.1. The second-order valence-electron chi connectivity index (χ2n) is 6.39. The zero-order valence-corrected chi connectivity index (χ0v) is 15.7. The molecular formula is C22H27NO4. The van der Waals surface area contributed by atoms with E-state index in [1.807, 2.05) is 60.7 Å². The molecule has 5 nitrogen and oxygen atoms in total. The number of hydrogen-bond acceptors (Lipinski definition) is 4. The molecule has 2 aromatic rings. The van der Waals surface area contributed by atoms with Gasteiger partial charge in [-0.2, -0.15) is 0 Å². The highest BCUT2D eigenvalue weighted by Crippen LogP contribution is 2.06. The molecule has 0 aliphatic rings. The van der Waals surface area contributed by atoms with Crippen LogP contribution >= 0.6 is 0 Å². The van der Waals surface area contributed by atoms with Crippen molar-refractivity contribution >= 4 is 12.1 Å². The van der Waals surface area contributed by atoms with Crippen molar-refractivity contribution in [2.75, 3.05) is 6.61 Å². The lowest BCUT2D eigenvalue weighted by molar-refractivity contribution is -0.143. The van der Waals surface area contributed by atoms with Crippen LogP contribution in [0.3, 0.4) is 0 Å². The average molecular weight is 369 g/mol. The van der Waals surface area contributed by atoms with Crippen LogP contribution in [0.1, 0.15) is 37.3 Å². The van der Waals surface area contributed by atoms with Crippen molar-refractivity contribution in [3.63, 3.8) is 0 Å². The minimum atomic E-state index is -0.501. The molecule has 1 N–H and O–H groups in total. The van der Waals surface area contributed by atoms with Gasteiger partial charge in [0.2, 0.25) is 0 Å². The van der Waals surface area contributed by atoms with E-state index in [1.54, 1.807) is 0 Å². The maximum Gasteiger partial charge on any atom is 0.407 e. The molecular weight excluding hydrogens is 342 g/mol. The number of unbranched alkanes of at least 4 members (excludes halogenated alkanes) is 1. The average Bonchev–Trinajstić information content (AvgIpc) is 2.70.